The Morgan fingerprint density at radius 3 is 2.64 bits per heavy atom. The molecule has 28 heavy (non-hydrogen) atoms. The zero-order valence-electron chi connectivity index (χ0n) is 15.6. The number of likely N-dealkylation sites (tertiary alicyclic amines) is 1. The molecule has 0 radical (unpaired) electrons. The zero-order valence-corrected chi connectivity index (χ0v) is 15.6. The summed E-state index contributed by atoms with van der Waals surface area (Å²) in [5.41, 5.74) is 1.14. The lowest BCUT2D eigenvalue weighted by molar-refractivity contribution is -0.268. The molecule has 1 aliphatic rings. The molecule has 3 rings (SSSR count). The third-order valence-electron chi connectivity index (χ3n) is 4.63. The van der Waals surface area contributed by atoms with Gasteiger partial charge in [-0.05, 0) is 12.0 Å². The van der Waals surface area contributed by atoms with Gasteiger partial charge in [0.15, 0.2) is 5.75 Å². The number of aliphatic hydroxyl groups is 1. The van der Waals surface area contributed by atoms with E-state index in [2.05, 4.69) is 9.97 Å². The van der Waals surface area contributed by atoms with Gasteiger partial charge in [0.2, 0.25) is 0 Å². The van der Waals surface area contributed by atoms with Crippen molar-refractivity contribution in [2.45, 2.75) is 31.5 Å². The summed E-state index contributed by atoms with van der Waals surface area (Å²) < 4.78 is 11.2. The van der Waals surface area contributed by atoms with Gasteiger partial charge in [0.25, 0.3) is 0 Å². The van der Waals surface area contributed by atoms with E-state index >= 15 is 0 Å². The van der Waals surface area contributed by atoms with Gasteiger partial charge in [-0.1, -0.05) is 30.3 Å². The van der Waals surface area contributed by atoms with E-state index in [-0.39, 0.29) is 12.5 Å². The van der Waals surface area contributed by atoms with E-state index in [1.165, 1.54) is 0 Å². The highest BCUT2D eigenvalue weighted by atomic mass is 16.5. The van der Waals surface area contributed by atoms with Gasteiger partial charge in [-0.15, -0.1) is 0 Å². The fourth-order valence-corrected chi connectivity index (χ4v) is 3.11. The number of nitrogens with zero attached hydrogens (tertiary/aromatic N) is 3. The number of aliphatic hydroxyl groups excluding tert-OH is 1. The Morgan fingerprint density at radius 2 is 1.96 bits per heavy atom. The van der Waals surface area contributed by atoms with Crippen molar-refractivity contribution in [3.05, 3.63) is 54.1 Å². The largest absolute Gasteiger partial charge is 0.530 e. The van der Waals surface area contributed by atoms with Gasteiger partial charge < -0.3 is 29.4 Å². The Balaban J connectivity index is 1.37. The van der Waals surface area contributed by atoms with Crippen molar-refractivity contribution >= 4 is 6.09 Å². The maximum absolute atomic E-state index is 10.9. The first-order valence-corrected chi connectivity index (χ1v) is 9.34. The standard InChI is InChI=1S/C20H25N3O5/c24-18-13-23(20(25)26)8-7-17(18)19-21-11-16(12-22-19)28-10-4-9-27-14-15-5-2-1-3-6-15/h1-3,5-6,11-12,17-18,24H,4,7-10,13-14H2,(H,25,26)/p-1. The molecule has 0 spiro atoms. The van der Waals surface area contributed by atoms with E-state index in [0.717, 1.165) is 16.9 Å². The summed E-state index contributed by atoms with van der Waals surface area (Å²) in [6, 6.07) is 9.99. The van der Waals surface area contributed by atoms with Gasteiger partial charge in [-0.2, -0.15) is 0 Å². The number of carbonyl (C=O) groups is 1. The molecule has 1 aromatic carbocycles. The van der Waals surface area contributed by atoms with Gasteiger partial charge >= 0.3 is 0 Å². The second-order valence-corrected chi connectivity index (χ2v) is 6.69. The molecule has 1 amide bonds. The first-order chi connectivity index (χ1) is 13.6. The molecule has 0 aliphatic carbocycles. The van der Waals surface area contributed by atoms with E-state index < -0.39 is 12.2 Å². The number of amides is 1. The van der Waals surface area contributed by atoms with E-state index in [4.69, 9.17) is 9.47 Å². The normalized spacial score (nSPS) is 19.4. The Bertz CT molecular complexity index is 741. The third-order valence-corrected chi connectivity index (χ3v) is 4.63. The Morgan fingerprint density at radius 1 is 1.21 bits per heavy atom. The molecule has 1 fully saturated rings. The minimum Gasteiger partial charge on any atom is -0.530 e. The lowest BCUT2D eigenvalue weighted by atomic mass is 9.93. The van der Waals surface area contributed by atoms with E-state index in [0.29, 0.717) is 44.4 Å². The third kappa shape index (κ3) is 5.64. The van der Waals surface area contributed by atoms with Crippen molar-refractivity contribution in [2.75, 3.05) is 26.3 Å². The summed E-state index contributed by atoms with van der Waals surface area (Å²) in [5, 5.41) is 21.0. The fourth-order valence-electron chi connectivity index (χ4n) is 3.11. The zero-order chi connectivity index (χ0) is 19.8. The molecule has 0 bridgehead atoms. The van der Waals surface area contributed by atoms with Crippen LogP contribution in [0.1, 0.15) is 30.1 Å². The summed E-state index contributed by atoms with van der Waals surface area (Å²) in [5.74, 6) is 0.744. The summed E-state index contributed by atoms with van der Waals surface area (Å²) in [6.07, 6.45) is 2.23. The molecule has 0 saturated carbocycles. The monoisotopic (exact) mass is 386 g/mol. The molecule has 1 saturated heterocycles. The van der Waals surface area contributed by atoms with Crippen LogP contribution in [0.3, 0.4) is 0 Å². The lowest BCUT2D eigenvalue weighted by Crippen LogP contribution is -2.50. The number of ether oxygens (including phenoxy) is 2. The quantitative estimate of drug-likeness (QED) is 0.673. The van der Waals surface area contributed by atoms with Crippen molar-refractivity contribution in [1.29, 1.82) is 0 Å². The number of carbonyl (C=O) groups excluding carboxylic acids is 1. The number of hydrogen-bond donors (Lipinski definition) is 1. The highest BCUT2D eigenvalue weighted by Gasteiger charge is 2.30. The van der Waals surface area contributed by atoms with Crippen molar-refractivity contribution < 1.29 is 24.5 Å². The summed E-state index contributed by atoms with van der Waals surface area (Å²) in [6.45, 7) is 1.98. The van der Waals surface area contributed by atoms with Crippen LogP contribution in [0.25, 0.3) is 0 Å². The van der Waals surface area contributed by atoms with E-state index in [1.807, 2.05) is 30.3 Å². The predicted octanol–water partition coefficient (Wildman–Crippen LogP) is 0.956. The van der Waals surface area contributed by atoms with Gasteiger partial charge in [0.1, 0.15) is 11.9 Å². The number of aromatic nitrogens is 2. The Kier molecular flexibility index (Phi) is 7.16. The van der Waals surface area contributed by atoms with Gasteiger partial charge in [-0.25, -0.2) is 9.97 Å². The van der Waals surface area contributed by atoms with E-state index in [9.17, 15) is 15.0 Å². The second-order valence-electron chi connectivity index (χ2n) is 6.69. The molecule has 8 heteroatoms. The van der Waals surface area contributed by atoms with Crippen molar-refractivity contribution in [3.8, 4) is 5.75 Å². The number of hydrogen-bond acceptors (Lipinski definition) is 7. The maximum atomic E-state index is 10.9. The highest BCUT2D eigenvalue weighted by molar-refractivity contribution is 5.62. The molecular weight excluding hydrogens is 362 g/mol. The molecule has 2 atom stereocenters. The minimum absolute atomic E-state index is 0.0115. The average molecular weight is 386 g/mol. The van der Waals surface area contributed by atoms with Gasteiger partial charge in [0, 0.05) is 25.4 Å². The van der Waals surface area contributed by atoms with Crippen LogP contribution in [0.2, 0.25) is 0 Å². The predicted molar refractivity (Wildman–Crippen MR) is 98.6 cm³/mol. The second kappa shape index (κ2) is 10.0. The van der Waals surface area contributed by atoms with Crippen molar-refractivity contribution in [3.63, 3.8) is 0 Å². The number of β-amino-alcohol motifs (C(OH)–C–C–N with tert-alkyl or cyclic N) is 1. The van der Waals surface area contributed by atoms with Gasteiger partial charge in [0.05, 0.1) is 38.3 Å². The molecule has 2 unspecified atom stereocenters. The van der Waals surface area contributed by atoms with Crippen LogP contribution in [0.5, 0.6) is 5.75 Å². The number of benzene rings is 1. The Hall–Kier alpha value is -2.71. The minimum atomic E-state index is -1.27. The van der Waals surface area contributed by atoms with Crippen molar-refractivity contribution in [1.82, 2.24) is 14.9 Å². The van der Waals surface area contributed by atoms with Gasteiger partial charge in [-0.3, -0.25) is 0 Å². The molecule has 2 heterocycles. The highest BCUT2D eigenvalue weighted by Crippen LogP contribution is 2.26. The van der Waals surface area contributed by atoms with Crippen LogP contribution < -0.4 is 9.84 Å². The molecular formula is C20H24N3O5-. The maximum Gasteiger partial charge on any atom is 0.155 e. The lowest BCUT2D eigenvalue weighted by Gasteiger charge is -2.36. The summed E-state index contributed by atoms with van der Waals surface area (Å²) in [7, 11) is 0. The molecule has 1 aliphatic heterocycles. The number of piperidine rings is 1. The summed E-state index contributed by atoms with van der Waals surface area (Å²) in [4.78, 5) is 20.5. The first kappa shape index (κ1) is 20.0. The first-order valence-electron chi connectivity index (χ1n) is 9.34. The molecule has 1 N–H and O–H groups in total. The smallest absolute Gasteiger partial charge is 0.155 e. The van der Waals surface area contributed by atoms with E-state index in [1.54, 1.807) is 12.4 Å². The van der Waals surface area contributed by atoms with Crippen LogP contribution in [-0.2, 0) is 11.3 Å². The topological polar surface area (TPSA) is 108 Å². The summed E-state index contributed by atoms with van der Waals surface area (Å²) >= 11 is 0. The van der Waals surface area contributed by atoms with Crippen LogP contribution in [-0.4, -0.2) is 58.5 Å². The number of rotatable bonds is 8. The SMILES string of the molecule is O=C([O-])N1CCC(c2ncc(OCCCOCc3ccccc3)cn2)C(O)C1. The Labute approximate surface area is 163 Å². The molecule has 150 valence electrons. The van der Waals surface area contributed by atoms with Crippen LogP contribution in [0, 0.1) is 0 Å². The molecule has 2 aromatic rings. The average Bonchev–Trinajstić information content (AvgIpc) is 2.72. The van der Waals surface area contributed by atoms with Crippen molar-refractivity contribution in [2.24, 2.45) is 0 Å². The van der Waals surface area contributed by atoms with Crippen LogP contribution in [0.15, 0.2) is 42.7 Å². The molecule has 8 nitrogen and oxygen atoms in total. The van der Waals surface area contributed by atoms with Crippen LogP contribution >= 0.6 is 0 Å². The van der Waals surface area contributed by atoms with Crippen LogP contribution in [0.4, 0.5) is 4.79 Å². The number of carboxylic acid groups (broad SMARTS) is 1. The molecule has 1 aromatic heterocycles. The fraction of sp³-hybridized carbons (Fsp3) is 0.450.